The number of ether oxygens (including phenoxy) is 1. The molecule has 25 heavy (non-hydrogen) atoms. The van der Waals surface area contributed by atoms with E-state index in [0.717, 1.165) is 5.56 Å². The van der Waals surface area contributed by atoms with Crippen molar-refractivity contribution >= 4 is 5.91 Å². The molecule has 1 aromatic carbocycles. The van der Waals surface area contributed by atoms with E-state index in [1.165, 1.54) is 12.1 Å². The molecule has 2 aromatic rings. The third-order valence-electron chi connectivity index (χ3n) is 4.50. The molecule has 3 N–H and O–H groups in total. The Labute approximate surface area is 147 Å². The monoisotopic (exact) mass is 345 g/mol. The Kier molecular flexibility index (Phi) is 6.47. The van der Waals surface area contributed by atoms with Crippen LogP contribution < -0.4 is 15.8 Å². The second kappa shape index (κ2) is 8.58. The molecule has 0 radical (unpaired) electrons. The molecule has 0 bridgehead atoms. The molecule has 0 saturated carbocycles. The first-order chi connectivity index (χ1) is 12.0. The molecule has 0 fully saturated rings. The molecule has 134 valence electrons. The van der Waals surface area contributed by atoms with E-state index in [4.69, 9.17) is 10.5 Å². The van der Waals surface area contributed by atoms with Crippen molar-refractivity contribution in [1.29, 1.82) is 0 Å². The Morgan fingerprint density at radius 1 is 1.28 bits per heavy atom. The molecule has 1 heterocycles. The second-order valence-electron chi connectivity index (χ2n) is 5.94. The quantitative estimate of drug-likeness (QED) is 0.769. The highest BCUT2D eigenvalue weighted by molar-refractivity contribution is 5.82. The Hall–Kier alpha value is -2.47. The number of rotatable bonds is 8. The Morgan fingerprint density at radius 2 is 2.04 bits per heavy atom. The van der Waals surface area contributed by atoms with E-state index in [1.807, 2.05) is 19.9 Å². The number of benzene rings is 1. The number of pyridine rings is 1. The highest BCUT2D eigenvalue weighted by atomic mass is 19.1. The minimum atomic E-state index is -0.520. The van der Waals surface area contributed by atoms with E-state index in [9.17, 15) is 9.18 Å². The maximum atomic E-state index is 13.1. The summed E-state index contributed by atoms with van der Waals surface area (Å²) in [7, 11) is 0. The topological polar surface area (TPSA) is 77.2 Å². The van der Waals surface area contributed by atoms with Gasteiger partial charge in [-0.1, -0.05) is 26.0 Å². The molecule has 0 aliphatic heterocycles. The van der Waals surface area contributed by atoms with Gasteiger partial charge in [-0.3, -0.25) is 4.79 Å². The molecule has 0 unspecified atom stereocenters. The summed E-state index contributed by atoms with van der Waals surface area (Å²) >= 11 is 0. The number of hydrogen-bond acceptors (Lipinski definition) is 4. The van der Waals surface area contributed by atoms with Crippen molar-refractivity contribution in [3.8, 4) is 11.6 Å². The summed E-state index contributed by atoms with van der Waals surface area (Å²) < 4.78 is 18.6. The molecule has 0 atom stereocenters. The number of nitrogens with two attached hydrogens (primary N) is 1. The van der Waals surface area contributed by atoms with Gasteiger partial charge in [-0.25, -0.2) is 9.37 Å². The van der Waals surface area contributed by atoms with Gasteiger partial charge in [-0.15, -0.1) is 0 Å². The fraction of sp³-hybridized carbons (Fsp3) is 0.368. The average molecular weight is 345 g/mol. The van der Waals surface area contributed by atoms with Gasteiger partial charge in [-0.2, -0.15) is 0 Å². The largest absolute Gasteiger partial charge is 0.439 e. The molecule has 2 rings (SSSR count). The lowest BCUT2D eigenvalue weighted by atomic mass is 9.81. The smallest absolute Gasteiger partial charge is 0.227 e. The maximum absolute atomic E-state index is 13.1. The zero-order valence-corrected chi connectivity index (χ0v) is 14.6. The molecule has 5 nitrogen and oxygen atoms in total. The minimum absolute atomic E-state index is 0.0416. The first-order valence-corrected chi connectivity index (χ1v) is 8.39. The summed E-state index contributed by atoms with van der Waals surface area (Å²) in [6.45, 7) is 4.63. The first-order valence-electron chi connectivity index (χ1n) is 8.39. The number of halogens is 1. The number of nitrogens with zero attached hydrogens (tertiary/aromatic N) is 1. The SMILES string of the molecule is CCC(CC)(CN)C(=O)NCc1ccc(Oc2cccc(F)c2)nc1. The van der Waals surface area contributed by atoms with Gasteiger partial charge < -0.3 is 15.8 Å². The van der Waals surface area contributed by atoms with Gasteiger partial charge in [0.25, 0.3) is 0 Å². The summed E-state index contributed by atoms with van der Waals surface area (Å²) in [5, 5.41) is 2.92. The van der Waals surface area contributed by atoms with Crippen LogP contribution in [0, 0.1) is 11.2 Å². The van der Waals surface area contributed by atoms with Crippen molar-refractivity contribution < 1.29 is 13.9 Å². The Balaban J connectivity index is 1.95. The van der Waals surface area contributed by atoms with E-state index in [2.05, 4.69) is 10.3 Å². The lowest BCUT2D eigenvalue weighted by molar-refractivity contribution is -0.131. The normalized spacial score (nSPS) is 11.2. The van der Waals surface area contributed by atoms with Crippen molar-refractivity contribution in [3.63, 3.8) is 0 Å². The van der Waals surface area contributed by atoms with Gasteiger partial charge in [-0.05, 0) is 30.5 Å². The zero-order chi connectivity index (χ0) is 18.3. The fourth-order valence-corrected chi connectivity index (χ4v) is 2.55. The van der Waals surface area contributed by atoms with Crippen molar-refractivity contribution in [2.75, 3.05) is 6.54 Å². The summed E-state index contributed by atoms with van der Waals surface area (Å²) in [5.74, 6) is 0.332. The predicted molar refractivity (Wildman–Crippen MR) is 94.6 cm³/mol. The van der Waals surface area contributed by atoms with Gasteiger partial charge in [0.05, 0.1) is 5.41 Å². The van der Waals surface area contributed by atoms with Gasteiger partial charge in [0, 0.05) is 31.4 Å². The van der Waals surface area contributed by atoms with Crippen LogP contribution in [0.5, 0.6) is 11.6 Å². The van der Waals surface area contributed by atoms with Crippen LogP contribution in [-0.4, -0.2) is 17.4 Å². The van der Waals surface area contributed by atoms with Crippen LogP contribution in [0.2, 0.25) is 0 Å². The van der Waals surface area contributed by atoms with Crippen molar-refractivity contribution in [3.05, 3.63) is 54.0 Å². The molecule has 1 aromatic heterocycles. The molecular weight excluding hydrogens is 321 g/mol. The highest BCUT2D eigenvalue weighted by Gasteiger charge is 2.32. The molecule has 0 aliphatic carbocycles. The molecular formula is C19H24FN3O2. The molecule has 0 saturated heterocycles. The number of hydrogen-bond donors (Lipinski definition) is 2. The van der Waals surface area contributed by atoms with Crippen LogP contribution in [0.4, 0.5) is 4.39 Å². The van der Waals surface area contributed by atoms with E-state index in [1.54, 1.807) is 24.4 Å². The van der Waals surface area contributed by atoms with Crippen LogP contribution in [-0.2, 0) is 11.3 Å². The zero-order valence-electron chi connectivity index (χ0n) is 14.6. The lowest BCUT2D eigenvalue weighted by Crippen LogP contribution is -2.45. The van der Waals surface area contributed by atoms with E-state index in [-0.39, 0.29) is 11.7 Å². The maximum Gasteiger partial charge on any atom is 0.227 e. The van der Waals surface area contributed by atoms with Crippen LogP contribution in [0.25, 0.3) is 0 Å². The third-order valence-corrected chi connectivity index (χ3v) is 4.50. The van der Waals surface area contributed by atoms with Gasteiger partial charge >= 0.3 is 0 Å². The molecule has 1 amide bonds. The average Bonchev–Trinajstić information content (AvgIpc) is 2.63. The highest BCUT2D eigenvalue weighted by Crippen LogP contribution is 2.25. The number of carbonyl (C=O) groups excluding carboxylic acids is 1. The lowest BCUT2D eigenvalue weighted by Gasteiger charge is -2.28. The molecule has 6 heteroatoms. The van der Waals surface area contributed by atoms with E-state index >= 15 is 0 Å². The van der Waals surface area contributed by atoms with Gasteiger partial charge in [0.2, 0.25) is 11.8 Å². The van der Waals surface area contributed by atoms with Crippen molar-refractivity contribution in [2.24, 2.45) is 11.1 Å². The minimum Gasteiger partial charge on any atom is -0.439 e. The van der Waals surface area contributed by atoms with E-state index in [0.29, 0.717) is 37.6 Å². The number of aromatic nitrogens is 1. The summed E-state index contributed by atoms with van der Waals surface area (Å²) in [4.78, 5) is 16.6. The van der Waals surface area contributed by atoms with Crippen LogP contribution >= 0.6 is 0 Å². The fourth-order valence-electron chi connectivity index (χ4n) is 2.55. The first kappa shape index (κ1) is 18.9. The second-order valence-corrected chi connectivity index (χ2v) is 5.94. The van der Waals surface area contributed by atoms with Crippen LogP contribution in [0.15, 0.2) is 42.6 Å². The van der Waals surface area contributed by atoms with E-state index < -0.39 is 5.41 Å². The standard InChI is InChI=1S/C19H24FN3O2/c1-3-19(4-2,13-21)18(24)23-12-14-8-9-17(22-11-14)25-16-7-5-6-15(20)10-16/h5-11H,3-4,12-13,21H2,1-2H3,(H,23,24). The number of nitrogens with one attached hydrogen (secondary N) is 1. The number of amides is 1. The van der Waals surface area contributed by atoms with Crippen LogP contribution in [0.1, 0.15) is 32.3 Å². The Bertz CT molecular complexity index is 692. The third kappa shape index (κ3) is 4.76. The Morgan fingerprint density at radius 3 is 2.60 bits per heavy atom. The van der Waals surface area contributed by atoms with Crippen LogP contribution in [0.3, 0.4) is 0 Å². The van der Waals surface area contributed by atoms with Gasteiger partial charge in [0.1, 0.15) is 11.6 Å². The van der Waals surface area contributed by atoms with Crippen molar-refractivity contribution in [2.45, 2.75) is 33.2 Å². The number of carbonyl (C=O) groups is 1. The molecule has 0 spiro atoms. The van der Waals surface area contributed by atoms with Crippen molar-refractivity contribution in [1.82, 2.24) is 10.3 Å². The predicted octanol–water partition coefficient (Wildman–Crippen LogP) is 3.39. The summed E-state index contributed by atoms with van der Waals surface area (Å²) in [6.07, 6.45) is 3.02. The molecule has 0 aliphatic rings. The van der Waals surface area contributed by atoms with Gasteiger partial charge in [0.15, 0.2) is 0 Å². The summed E-state index contributed by atoms with van der Waals surface area (Å²) in [5.41, 5.74) is 6.11. The summed E-state index contributed by atoms with van der Waals surface area (Å²) in [6, 6.07) is 9.35.